The standard InChI is InChI=1S/C19H28IN/c1-21-19(12-14-6-10-18(20)11-7-14)17-9-8-15-4-2-3-5-16(15)13-17/h6-7,10-11,15-17,19,21H,2-5,8-9,12-13H2,1H3. The van der Waals surface area contributed by atoms with Crippen LogP contribution in [0.15, 0.2) is 24.3 Å². The van der Waals surface area contributed by atoms with E-state index in [-0.39, 0.29) is 0 Å². The first-order valence-corrected chi connectivity index (χ1v) is 9.76. The Morgan fingerprint density at radius 1 is 1.05 bits per heavy atom. The van der Waals surface area contributed by atoms with Crippen LogP contribution >= 0.6 is 22.6 Å². The van der Waals surface area contributed by atoms with E-state index in [9.17, 15) is 0 Å². The zero-order valence-electron chi connectivity index (χ0n) is 13.2. The zero-order chi connectivity index (χ0) is 14.7. The number of hydrogen-bond acceptors (Lipinski definition) is 1. The van der Waals surface area contributed by atoms with Gasteiger partial charge in [0, 0.05) is 9.61 Å². The van der Waals surface area contributed by atoms with Crippen LogP contribution in [0.3, 0.4) is 0 Å². The molecule has 1 aromatic carbocycles. The average Bonchev–Trinajstić information content (AvgIpc) is 2.54. The van der Waals surface area contributed by atoms with Gasteiger partial charge in [-0.05, 0) is 90.8 Å². The lowest BCUT2D eigenvalue weighted by Crippen LogP contribution is -2.40. The van der Waals surface area contributed by atoms with Crippen molar-refractivity contribution in [1.29, 1.82) is 0 Å². The predicted octanol–water partition coefficient (Wildman–Crippen LogP) is 5.03. The summed E-state index contributed by atoms with van der Waals surface area (Å²) in [4.78, 5) is 0. The van der Waals surface area contributed by atoms with Crippen molar-refractivity contribution >= 4 is 22.6 Å². The van der Waals surface area contributed by atoms with Crippen molar-refractivity contribution in [2.75, 3.05) is 7.05 Å². The molecule has 0 heterocycles. The fraction of sp³-hybridized carbons (Fsp3) is 0.684. The highest BCUT2D eigenvalue weighted by Gasteiger charge is 2.34. The van der Waals surface area contributed by atoms with Gasteiger partial charge in [-0.3, -0.25) is 0 Å². The van der Waals surface area contributed by atoms with Crippen molar-refractivity contribution in [1.82, 2.24) is 5.32 Å². The predicted molar refractivity (Wildman–Crippen MR) is 98.5 cm³/mol. The molecule has 2 aliphatic rings. The second kappa shape index (κ2) is 7.45. The van der Waals surface area contributed by atoms with Gasteiger partial charge in [0.15, 0.2) is 0 Å². The van der Waals surface area contributed by atoms with Crippen LogP contribution in [-0.4, -0.2) is 13.1 Å². The van der Waals surface area contributed by atoms with Crippen LogP contribution in [0.2, 0.25) is 0 Å². The maximum Gasteiger partial charge on any atom is 0.0133 e. The van der Waals surface area contributed by atoms with Gasteiger partial charge >= 0.3 is 0 Å². The van der Waals surface area contributed by atoms with E-state index in [2.05, 4.69) is 59.2 Å². The molecule has 4 atom stereocenters. The molecule has 1 aromatic rings. The van der Waals surface area contributed by atoms with Crippen LogP contribution in [0.25, 0.3) is 0 Å². The van der Waals surface area contributed by atoms with E-state index in [1.54, 1.807) is 0 Å². The molecule has 0 spiro atoms. The summed E-state index contributed by atoms with van der Waals surface area (Å²) in [6, 6.07) is 9.74. The van der Waals surface area contributed by atoms with E-state index in [1.807, 2.05) is 0 Å². The number of hydrogen-bond donors (Lipinski definition) is 1. The van der Waals surface area contributed by atoms with Gasteiger partial charge in [-0.25, -0.2) is 0 Å². The third-order valence-electron chi connectivity index (χ3n) is 5.89. The Morgan fingerprint density at radius 2 is 1.76 bits per heavy atom. The van der Waals surface area contributed by atoms with Crippen molar-refractivity contribution in [2.24, 2.45) is 17.8 Å². The first-order chi connectivity index (χ1) is 10.3. The summed E-state index contributed by atoms with van der Waals surface area (Å²) in [5, 5.41) is 3.63. The van der Waals surface area contributed by atoms with E-state index in [4.69, 9.17) is 0 Å². The van der Waals surface area contributed by atoms with Crippen molar-refractivity contribution in [2.45, 2.75) is 57.4 Å². The minimum absolute atomic E-state index is 0.660. The minimum Gasteiger partial charge on any atom is -0.316 e. The molecule has 0 bridgehead atoms. The summed E-state index contributed by atoms with van der Waals surface area (Å²) in [5.74, 6) is 2.98. The van der Waals surface area contributed by atoms with Gasteiger partial charge in [-0.15, -0.1) is 0 Å². The molecule has 1 N–H and O–H groups in total. The maximum absolute atomic E-state index is 3.63. The Labute approximate surface area is 143 Å². The minimum atomic E-state index is 0.660. The Morgan fingerprint density at radius 3 is 2.48 bits per heavy atom. The Kier molecular flexibility index (Phi) is 5.60. The fourth-order valence-corrected chi connectivity index (χ4v) is 5.01. The van der Waals surface area contributed by atoms with Gasteiger partial charge in [0.1, 0.15) is 0 Å². The molecule has 21 heavy (non-hydrogen) atoms. The number of nitrogens with one attached hydrogen (secondary N) is 1. The molecule has 0 saturated heterocycles. The van der Waals surface area contributed by atoms with Crippen molar-refractivity contribution in [3.05, 3.63) is 33.4 Å². The van der Waals surface area contributed by atoms with E-state index in [0.29, 0.717) is 6.04 Å². The van der Waals surface area contributed by atoms with Crippen LogP contribution in [0, 0.1) is 21.3 Å². The molecule has 116 valence electrons. The number of fused-ring (bicyclic) bond motifs is 1. The van der Waals surface area contributed by atoms with Gasteiger partial charge < -0.3 is 5.32 Å². The van der Waals surface area contributed by atoms with Gasteiger partial charge in [-0.1, -0.05) is 37.8 Å². The van der Waals surface area contributed by atoms with Crippen LogP contribution in [0.5, 0.6) is 0 Å². The zero-order valence-corrected chi connectivity index (χ0v) is 15.3. The van der Waals surface area contributed by atoms with Gasteiger partial charge in [-0.2, -0.15) is 0 Å². The normalized spacial score (nSPS) is 30.7. The molecule has 2 aliphatic carbocycles. The van der Waals surface area contributed by atoms with E-state index in [0.717, 1.165) is 17.8 Å². The van der Waals surface area contributed by atoms with Crippen LogP contribution in [-0.2, 0) is 6.42 Å². The number of benzene rings is 1. The number of halogens is 1. The highest BCUT2D eigenvalue weighted by atomic mass is 127. The molecule has 0 aliphatic heterocycles. The Balaban J connectivity index is 1.61. The summed E-state index contributed by atoms with van der Waals surface area (Å²) >= 11 is 2.39. The average molecular weight is 397 g/mol. The highest BCUT2D eigenvalue weighted by Crippen LogP contribution is 2.43. The molecule has 0 aromatic heterocycles. The molecule has 4 unspecified atom stereocenters. The fourth-order valence-electron chi connectivity index (χ4n) is 4.65. The lowest BCUT2D eigenvalue weighted by molar-refractivity contribution is 0.111. The van der Waals surface area contributed by atoms with Crippen molar-refractivity contribution in [3.63, 3.8) is 0 Å². The first-order valence-electron chi connectivity index (χ1n) is 8.68. The van der Waals surface area contributed by atoms with E-state index in [1.165, 1.54) is 60.5 Å². The summed E-state index contributed by atoms with van der Waals surface area (Å²) in [6.45, 7) is 0. The quantitative estimate of drug-likeness (QED) is 0.703. The topological polar surface area (TPSA) is 12.0 Å². The molecule has 2 heteroatoms. The van der Waals surface area contributed by atoms with Crippen LogP contribution < -0.4 is 5.32 Å². The summed E-state index contributed by atoms with van der Waals surface area (Å²) in [6.07, 6.45) is 11.6. The van der Waals surface area contributed by atoms with Crippen LogP contribution in [0.4, 0.5) is 0 Å². The molecule has 2 fully saturated rings. The molecule has 3 rings (SSSR count). The van der Waals surface area contributed by atoms with Crippen molar-refractivity contribution < 1.29 is 0 Å². The van der Waals surface area contributed by atoms with Crippen LogP contribution in [0.1, 0.15) is 50.5 Å². The number of rotatable bonds is 4. The number of likely N-dealkylation sites (N-methyl/N-ethyl adjacent to an activating group) is 1. The molecule has 1 nitrogen and oxygen atoms in total. The maximum atomic E-state index is 3.63. The molecular formula is C19H28IN. The van der Waals surface area contributed by atoms with E-state index >= 15 is 0 Å². The SMILES string of the molecule is CNC(Cc1ccc(I)cc1)C1CCC2CCCCC2C1. The Bertz CT molecular complexity index is 441. The second-order valence-electron chi connectivity index (χ2n) is 7.10. The molecule has 2 saturated carbocycles. The summed E-state index contributed by atoms with van der Waals surface area (Å²) in [7, 11) is 2.16. The highest BCUT2D eigenvalue weighted by molar-refractivity contribution is 14.1. The second-order valence-corrected chi connectivity index (χ2v) is 8.35. The smallest absolute Gasteiger partial charge is 0.0133 e. The Hall–Kier alpha value is -0.0900. The van der Waals surface area contributed by atoms with Gasteiger partial charge in [0.25, 0.3) is 0 Å². The third-order valence-corrected chi connectivity index (χ3v) is 6.61. The molecule has 0 amide bonds. The molecule has 0 radical (unpaired) electrons. The lowest BCUT2D eigenvalue weighted by Gasteiger charge is -2.42. The van der Waals surface area contributed by atoms with E-state index < -0.39 is 0 Å². The third kappa shape index (κ3) is 4.01. The van der Waals surface area contributed by atoms with Gasteiger partial charge in [0.2, 0.25) is 0 Å². The largest absolute Gasteiger partial charge is 0.316 e. The molecular weight excluding hydrogens is 369 g/mol. The lowest BCUT2D eigenvalue weighted by atomic mass is 9.65. The first kappa shape index (κ1) is 15.8. The van der Waals surface area contributed by atoms with Crippen molar-refractivity contribution in [3.8, 4) is 0 Å². The summed E-state index contributed by atoms with van der Waals surface area (Å²) in [5.41, 5.74) is 1.49. The summed E-state index contributed by atoms with van der Waals surface area (Å²) < 4.78 is 1.33. The monoisotopic (exact) mass is 397 g/mol. The van der Waals surface area contributed by atoms with Gasteiger partial charge in [0.05, 0.1) is 0 Å².